The Morgan fingerprint density at radius 3 is 2.47 bits per heavy atom. The maximum atomic E-state index is 14.1. The number of likely N-dealkylation sites (N-methyl/N-ethyl adjacent to an activating group) is 1. The summed E-state index contributed by atoms with van der Waals surface area (Å²) in [5.41, 5.74) is 3.53. The average Bonchev–Trinajstić information content (AvgIpc) is 2.75. The van der Waals surface area contributed by atoms with Crippen molar-refractivity contribution in [3.05, 3.63) is 59.2 Å². The third kappa shape index (κ3) is 4.96. The van der Waals surface area contributed by atoms with Gasteiger partial charge in [0.1, 0.15) is 16.5 Å². The van der Waals surface area contributed by atoms with Crippen LogP contribution in [0.25, 0.3) is 0 Å². The van der Waals surface area contributed by atoms with E-state index in [0.717, 1.165) is 63.3 Å². The van der Waals surface area contributed by atoms with Gasteiger partial charge in [-0.3, -0.25) is 4.90 Å². The number of piperazine rings is 1. The van der Waals surface area contributed by atoms with Gasteiger partial charge in [-0.1, -0.05) is 12.1 Å². The molecule has 2 aliphatic rings. The van der Waals surface area contributed by atoms with Crippen molar-refractivity contribution in [2.24, 2.45) is 0 Å². The van der Waals surface area contributed by atoms with Gasteiger partial charge in [-0.15, -0.1) is 0 Å². The molecule has 2 heterocycles. The Morgan fingerprint density at radius 2 is 1.75 bits per heavy atom. The molecule has 2 aliphatic heterocycles. The summed E-state index contributed by atoms with van der Waals surface area (Å²) in [5.74, 6) is -1.90. The number of halogens is 2. The zero-order chi connectivity index (χ0) is 22.9. The standard InChI is InChI=1S/C23H30F2N4O2S/c1-27-10-12-29(13-11-27)22(18-5-7-21-17(14-18)4-3-9-28(21)2)16-26-32(30,31)23-8-6-19(24)15-20(23)25/h5-8,14-15,22,26H,3-4,9-13,16H2,1-2H3. The molecule has 174 valence electrons. The smallest absolute Gasteiger partial charge is 0.243 e. The number of benzene rings is 2. The molecule has 6 nitrogen and oxygen atoms in total. The Balaban J connectivity index is 1.60. The summed E-state index contributed by atoms with van der Waals surface area (Å²) in [6.07, 6.45) is 2.08. The van der Waals surface area contributed by atoms with E-state index in [1.807, 2.05) is 0 Å². The minimum absolute atomic E-state index is 0.109. The topological polar surface area (TPSA) is 55.9 Å². The number of aryl methyl sites for hydroxylation is 1. The van der Waals surface area contributed by atoms with Crippen LogP contribution in [0.2, 0.25) is 0 Å². The third-order valence-electron chi connectivity index (χ3n) is 6.47. The van der Waals surface area contributed by atoms with Gasteiger partial charge < -0.3 is 9.80 Å². The number of sulfonamides is 1. The summed E-state index contributed by atoms with van der Waals surface area (Å²) in [6, 6.07) is 8.69. The van der Waals surface area contributed by atoms with Gasteiger partial charge in [0.2, 0.25) is 10.0 Å². The first kappa shape index (κ1) is 23.1. The van der Waals surface area contributed by atoms with Crippen molar-refractivity contribution in [3.8, 4) is 0 Å². The van der Waals surface area contributed by atoms with Crippen LogP contribution in [-0.2, 0) is 16.4 Å². The number of hydrogen-bond acceptors (Lipinski definition) is 5. The zero-order valence-electron chi connectivity index (χ0n) is 18.5. The number of nitrogens with zero attached hydrogens (tertiary/aromatic N) is 3. The highest BCUT2D eigenvalue weighted by molar-refractivity contribution is 7.89. The minimum atomic E-state index is -4.12. The lowest BCUT2D eigenvalue weighted by atomic mass is 9.95. The number of fused-ring (bicyclic) bond motifs is 1. The second kappa shape index (κ2) is 9.43. The molecule has 0 spiro atoms. The minimum Gasteiger partial charge on any atom is -0.374 e. The lowest BCUT2D eigenvalue weighted by Gasteiger charge is -2.39. The van der Waals surface area contributed by atoms with E-state index in [9.17, 15) is 17.2 Å². The molecule has 1 atom stereocenters. The maximum absolute atomic E-state index is 14.1. The Bertz CT molecular complexity index is 1070. The van der Waals surface area contributed by atoms with Crippen LogP contribution in [0.15, 0.2) is 41.3 Å². The fourth-order valence-corrected chi connectivity index (χ4v) is 5.66. The van der Waals surface area contributed by atoms with Crippen molar-refractivity contribution in [2.45, 2.75) is 23.8 Å². The van der Waals surface area contributed by atoms with E-state index < -0.39 is 26.6 Å². The molecule has 32 heavy (non-hydrogen) atoms. The van der Waals surface area contributed by atoms with E-state index in [1.54, 1.807) is 0 Å². The molecule has 0 radical (unpaired) electrons. The van der Waals surface area contributed by atoms with Crippen molar-refractivity contribution in [1.82, 2.24) is 14.5 Å². The quantitative estimate of drug-likeness (QED) is 0.712. The first-order valence-electron chi connectivity index (χ1n) is 11.0. The van der Waals surface area contributed by atoms with Gasteiger partial charge in [-0.05, 0) is 49.2 Å². The van der Waals surface area contributed by atoms with Crippen molar-refractivity contribution < 1.29 is 17.2 Å². The third-order valence-corrected chi connectivity index (χ3v) is 7.92. The lowest BCUT2D eigenvalue weighted by molar-refractivity contribution is 0.113. The molecule has 0 amide bonds. The van der Waals surface area contributed by atoms with Crippen molar-refractivity contribution in [1.29, 1.82) is 0 Å². The van der Waals surface area contributed by atoms with Crippen LogP contribution < -0.4 is 9.62 Å². The summed E-state index contributed by atoms with van der Waals surface area (Å²) in [5, 5.41) is 0. The summed E-state index contributed by atoms with van der Waals surface area (Å²) in [7, 11) is 0.0315. The molecule has 0 aliphatic carbocycles. The van der Waals surface area contributed by atoms with E-state index in [-0.39, 0.29) is 12.6 Å². The summed E-state index contributed by atoms with van der Waals surface area (Å²) in [4.78, 5) is 6.22. The average molecular weight is 465 g/mol. The summed E-state index contributed by atoms with van der Waals surface area (Å²) in [6.45, 7) is 4.54. The lowest BCUT2D eigenvalue weighted by Crippen LogP contribution is -2.48. The van der Waals surface area contributed by atoms with Crippen LogP contribution in [0, 0.1) is 11.6 Å². The highest BCUT2D eigenvalue weighted by atomic mass is 32.2. The van der Waals surface area contributed by atoms with Crippen LogP contribution in [0.3, 0.4) is 0 Å². The van der Waals surface area contributed by atoms with Crippen molar-refractivity contribution in [2.75, 3.05) is 58.3 Å². The summed E-state index contributed by atoms with van der Waals surface area (Å²) >= 11 is 0. The first-order chi connectivity index (χ1) is 15.2. The van der Waals surface area contributed by atoms with Crippen molar-refractivity contribution in [3.63, 3.8) is 0 Å². The molecule has 0 aromatic heterocycles. The van der Waals surface area contributed by atoms with E-state index in [1.165, 1.54) is 11.3 Å². The monoisotopic (exact) mass is 464 g/mol. The number of hydrogen-bond donors (Lipinski definition) is 1. The highest BCUT2D eigenvalue weighted by Crippen LogP contribution is 2.31. The molecule has 4 rings (SSSR count). The van der Waals surface area contributed by atoms with Crippen LogP contribution in [0.4, 0.5) is 14.5 Å². The molecule has 0 saturated carbocycles. The van der Waals surface area contributed by atoms with Crippen LogP contribution >= 0.6 is 0 Å². The number of nitrogens with one attached hydrogen (secondary N) is 1. The van der Waals surface area contributed by atoms with Crippen molar-refractivity contribution >= 4 is 15.7 Å². The van der Waals surface area contributed by atoms with E-state index in [2.05, 4.69) is 51.7 Å². The molecule has 1 N–H and O–H groups in total. The molecule has 1 unspecified atom stereocenters. The zero-order valence-corrected chi connectivity index (χ0v) is 19.3. The molecule has 2 aromatic carbocycles. The van der Waals surface area contributed by atoms with E-state index in [0.29, 0.717) is 6.07 Å². The van der Waals surface area contributed by atoms with Crippen LogP contribution in [-0.4, -0.2) is 71.6 Å². The van der Waals surface area contributed by atoms with Gasteiger partial charge in [0.15, 0.2) is 0 Å². The van der Waals surface area contributed by atoms with Gasteiger partial charge in [0.25, 0.3) is 0 Å². The fraction of sp³-hybridized carbons (Fsp3) is 0.478. The normalized spacial score (nSPS) is 19.1. The SMILES string of the molecule is CN1CCN(C(CNS(=O)(=O)c2ccc(F)cc2F)c2ccc3c(c2)CCCN3C)CC1. The predicted molar refractivity (Wildman–Crippen MR) is 121 cm³/mol. The molecule has 1 saturated heterocycles. The molecule has 2 aromatic rings. The van der Waals surface area contributed by atoms with E-state index >= 15 is 0 Å². The maximum Gasteiger partial charge on any atom is 0.243 e. The number of anilines is 1. The molecule has 1 fully saturated rings. The number of rotatable bonds is 6. The molecular weight excluding hydrogens is 434 g/mol. The Labute approximate surface area is 188 Å². The fourth-order valence-electron chi connectivity index (χ4n) is 4.56. The van der Waals surface area contributed by atoms with Gasteiger partial charge in [0, 0.05) is 64.1 Å². The van der Waals surface area contributed by atoms with Gasteiger partial charge in [-0.25, -0.2) is 21.9 Å². The predicted octanol–water partition coefficient (Wildman–Crippen LogP) is 2.61. The summed E-state index contributed by atoms with van der Waals surface area (Å²) < 4.78 is 55.6. The van der Waals surface area contributed by atoms with Crippen LogP contribution in [0.1, 0.15) is 23.6 Å². The second-order valence-electron chi connectivity index (χ2n) is 8.69. The molecular formula is C23H30F2N4O2S. The van der Waals surface area contributed by atoms with Crippen LogP contribution in [0.5, 0.6) is 0 Å². The van der Waals surface area contributed by atoms with E-state index in [4.69, 9.17) is 0 Å². The molecule has 9 heteroatoms. The van der Waals surface area contributed by atoms with Gasteiger partial charge in [-0.2, -0.15) is 0 Å². The van der Waals surface area contributed by atoms with Gasteiger partial charge >= 0.3 is 0 Å². The Hall–Kier alpha value is -2.07. The highest BCUT2D eigenvalue weighted by Gasteiger charge is 2.28. The van der Waals surface area contributed by atoms with Gasteiger partial charge in [0.05, 0.1) is 0 Å². The second-order valence-corrected chi connectivity index (χ2v) is 10.4. The largest absolute Gasteiger partial charge is 0.374 e. The molecule has 0 bridgehead atoms. The Kier molecular flexibility index (Phi) is 6.80. The Morgan fingerprint density at radius 1 is 1.00 bits per heavy atom. The first-order valence-corrected chi connectivity index (χ1v) is 12.4.